The van der Waals surface area contributed by atoms with Crippen LogP contribution in [-0.4, -0.2) is 52.5 Å². The SMILES string of the molecule is Cc1cc(NC(=O)c2cccc(S(=O)(=O)Nc3cccc(Cl)c3)c2)ccc1N1CCN(C)CC1. The first-order chi connectivity index (χ1) is 16.2. The highest BCUT2D eigenvalue weighted by atomic mass is 35.5. The summed E-state index contributed by atoms with van der Waals surface area (Å²) in [4.78, 5) is 17.5. The van der Waals surface area contributed by atoms with Crippen molar-refractivity contribution < 1.29 is 13.2 Å². The van der Waals surface area contributed by atoms with Crippen LogP contribution < -0.4 is 14.9 Å². The van der Waals surface area contributed by atoms with Crippen LogP contribution in [0.15, 0.2) is 71.6 Å². The van der Waals surface area contributed by atoms with Crippen LogP contribution in [0.4, 0.5) is 17.1 Å². The number of likely N-dealkylation sites (N-methyl/N-ethyl adjacent to an activating group) is 1. The van der Waals surface area contributed by atoms with Gasteiger partial charge in [-0.3, -0.25) is 9.52 Å². The van der Waals surface area contributed by atoms with Crippen molar-refractivity contribution in [2.75, 3.05) is 48.2 Å². The summed E-state index contributed by atoms with van der Waals surface area (Å²) in [6.45, 7) is 5.99. The number of nitrogens with zero attached hydrogens (tertiary/aromatic N) is 2. The first kappa shape index (κ1) is 24.1. The lowest BCUT2D eigenvalue weighted by atomic mass is 10.1. The molecule has 7 nitrogen and oxygen atoms in total. The summed E-state index contributed by atoms with van der Waals surface area (Å²) in [6, 6.07) is 18.2. The number of sulfonamides is 1. The molecule has 1 fully saturated rings. The molecule has 0 atom stereocenters. The molecule has 0 aliphatic carbocycles. The fourth-order valence-electron chi connectivity index (χ4n) is 3.91. The maximum absolute atomic E-state index is 12.9. The van der Waals surface area contributed by atoms with Crippen molar-refractivity contribution in [2.45, 2.75) is 11.8 Å². The van der Waals surface area contributed by atoms with Crippen molar-refractivity contribution in [3.05, 3.63) is 82.9 Å². The minimum absolute atomic E-state index is 0.0123. The number of hydrogen-bond acceptors (Lipinski definition) is 5. The van der Waals surface area contributed by atoms with Crippen LogP contribution in [0.25, 0.3) is 0 Å². The highest BCUT2D eigenvalue weighted by Crippen LogP contribution is 2.25. The molecule has 1 heterocycles. The van der Waals surface area contributed by atoms with E-state index in [-0.39, 0.29) is 16.4 Å². The Labute approximate surface area is 205 Å². The molecule has 9 heteroatoms. The number of rotatable bonds is 6. The van der Waals surface area contributed by atoms with Crippen molar-refractivity contribution in [2.24, 2.45) is 0 Å². The number of hydrogen-bond donors (Lipinski definition) is 2. The molecule has 0 saturated carbocycles. The Bertz CT molecular complexity index is 1310. The van der Waals surface area contributed by atoms with Gasteiger partial charge in [0.1, 0.15) is 0 Å². The summed E-state index contributed by atoms with van der Waals surface area (Å²) >= 11 is 5.94. The Morgan fingerprint density at radius 3 is 2.35 bits per heavy atom. The molecule has 3 aromatic rings. The lowest BCUT2D eigenvalue weighted by Gasteiger charge is -2.35. The average Bonchev–Trinajstić information content (AvgIpc) is 2.80. The molecule has 0 aromatic heterocycles. The summed E-state index contributed by atoms with van der Waals surface area (Å²) in [6.07, 6.45) is 0. The van der Waals surface area contributed by atoms with Crippen molar-refractivity contribution >= 4 is 44.6 Å². The van der Waals surface area contributed by atoms with E-state index in [1.54, 1.807) is 30.3 Å². The van der Waals surface area contributed by atoms with Crippen molar-refractivity contribution in [1.82, 2.24) is 4.90 Å². The van der Waals surface area contributed by atoms with Crippen LogP contribution in [0.3, 0.4) is 0 Å². The Morgan fingerprint density at radius 2 is 1.65 bits per heavy atom. The second-order valence-electron chi connectivity index (χ2n) is 8.39. The average molecular weight is 499 g/mol. The zero-order valence-corrected chi connectivity index (χ0v) is 20.7. The van der Waals surface area contributed by atoms with Crippen LogP contribution in [0, 0.1) is 6.92 Å². The third kappa shape index (κ3) is 5.70. The van der Waals surface area contributed by atoms with E-state index in [2.05, 4.69) is 26.9 Å². The fourth-order valence-corrected chi connectivity index (χ4v) is 5.19. The van der Waals surface area contributed by atoms with Crippen molar-refractivity contribution in [1.29, 1.82) is 0 Å². The van der Waals surface area contributed by atoms with Gasteiger partial charge in [0, 0.05) is 48.1 Å². The zero-order valence-electron chi connectivity index (χ0n) is 19.1. The predicted molar refractivity (Wildman–Crippen MR) is 138 cm³/mol. The molecule has 34 heavy (non-hydrogen) atoms. The summed E-state index contributed by atoms with van der Waals surface area (Å²) in [5, 5.41) is 3.29. The number of amides is 1. The number of benzene rings is 3. The monoisotopic (exact) mass is 498 g/mol. The van der Waals surface area contributed by atoms with E-state index >= 15 is 0 Å². The molecule has 1 amide bonds. The topological polar surface area (TPSA) is 81.7 Å². The summed E-state index contributed by atoms with van der Waals surface area (Å²) in [7, 11) is -1.76. The van der Waals surface area contributed by atoms with Gasteiger partial charge in [-0.15, -0.1) is 0 Å². The molecule has 3 aromatic carbocycles. The number of anilines is 3. The number of carbonyl (C=O) groups is 1. The molecule has 1 aliphatic rings. The molecule has 1 saturated heterocycles. The van der Waals surface area contributed by atoms with Gasteiger partial charge in [0.2, 0.25) is 0 Å². The third-order valence-corrected chi connectivity index (χ3v) is 7.40. The molecule has 1 aliphatic heterocycles. The van der Waals surface area contributed by atoms with Crippen LogP contribution in [0.1, 0.15) is 15.9 Å². The Morgan fingerprint density at radius 1 is 0.912 bits per heavy atom. The molecule has 2 N–H and O–H groups in total. The van der Waals surface area contributed by atoms with Crippen LogP contribution in [0.2, 0.25) is 5.02 Å². The Hall–Kier alpha value is -3.07. The Kier molecular flexibility index (Phi) is 7.11. The third-order valence-electron chi connectivity index (χ3n) is 5.78. The van der Waals surface area contributed by atoms with Gasteiger partial charge in [-0.05, 0) is 74.1 Å². The lowest BCUT2D eigenvalue weighted by Crippen LogP contribution is -2.44. The molecule has 0 unspecified atom stereocenters. The van der Waals surface area contributed by atoms with E-state index in [4.69, 9.17) is 11.6 Å². The number of carbonyl (C=O) groups excluding carboxylic acids is 1. The van der Waals surface area contributed by atoms with Crippen molar-refractivity contribution in [3.63, 3.8) is 0 Å². The second kappa shape index (κ2) is 10.0. The normalized spacial score (nSPS) is 14.6. The standard InChI is InChI=1S/C25H27ClN4O3S/c1-18-15-21(9-10-24(18)30-13-11-29(2)12-14-30)27-25(31)19-5-3-8-23(16-19)34(32,33)28-22-7-4-6-20(26)17-22/h3-10,15-17,28H,11-14H2,1-2H3,(H,27,31). The van der Waals surface area contributed by atoms with Gasteiger partial charge in [0.25, 0.3) is 15.9 Å². The minimum atomic E-state index is -3.89. The van der Waals surface area contributed by atoms with Gasteiger partial charge in [0.05, 0.1) is 10.6 Å². The molecule has 4 rings (SSSR count). The molecule has 178 valence electrons. The van der Waals surface area contributed by atoms with Gasteiger partial charge in [-0.2, -0.15) is 0 Å². The van der Waals surface area contributed by atoms with Crippen LogP contribution in [-0.2, 0) is 10.0 Å². The van der Waals surface area contributed by atoms with Crippen molar-refractivity contribution in [3.8, 4) is 0 Å². The summed E-state index contributed by atoms with van der Waals surface area (Å²) < 4.78 is 28.1. The zero-order chi connectivity index (χ0) is 24.3. The maximum atomic E-state index is 12.9. The number of aryl methyl sites for hydroxylation is 1. The molecular formula is C25H27ClN4O3S. The van der Waals surface area contributed by atoms with E-state index in [1.807, 2.05) is 25.1 Å². The lowest BCUT2D eigenvalue weighted by molar-refractivity contribution is 0.102. The van der Waals surface area contributed by atoms with E-state index in [9.17, 15) is 13.2 Å². The van der Waals surface area contributed by atoms with Gasteiger partial charge in [0.15, 0.2) is 0 Å². The van der Waals surface area contributed by atoms with Gasteiger partial charge in [-0.25, -0.2) is 8.42 Å². The van der Waals surface area contributed by atoms with E-state index in [0.29, 0.717) is 16.4 Å². The highest BCUT2D eigenvalue weighted by molar-refractivity contribution is 7.92. The van der Waals surface area contributed by atoms with Crippen LogP contribution >= 0.6 is 11.6 Å². The van der Waals surface area contributed by atoms with Gasteiger partial charge in [-0.1, -0.05) is 23.7 Å². The smallest absolute Gasteiger partial charge is 0.261 e. The summed E-state index contributed by atoms with van der Waals surface area (Å²) in [5.41, 5.74) is 3.48. The molecule has 0 bridgehead atoms. The quantitative estimate of drug-likeness (QED) is 0.524. The van der Waals surface area contributed by atoms with E-state index < -0.39 is 10.0 Å². The van der Waals surface area contributed by atoms with Gasteiger partial charge < -0.3 is 15.1 Å². The first-order valence-electron chi connectivity index (χ1n) is 11.0. The Balaban J connectivity index is 1.47. The van der Waals surface area contributed by atoms with E-state index in [0.717, 1.165) is 37.4 Å². The number of halogens is 1. The minimum Gasteiger partial charge on any atom is -0.369 e. The second-order valence-corrected chi connectivity index (χ2v) is 10.5. The molecule has 0 spiro atoms. The summed E-state index contributed by atoms with van der Waals surface area (Å²) in [5.74, 6) is -0.383. The highest BCUT2D eigenvalue weighted by Gasteiger charge is 2.18. The number of piperazine rings is 1. The predicted octanol–water partition coefficient (Wildman–Crippen LogP) is 4.45. The molecular weight excluding hydrogens is 472 g/mol. The maximum Gasteiger partial charge on any atom is 0.261 e. The largest absolute Gasteiger partial charge is 0.369 e. The first-order valence-corrected chi connectivity index (χ1v) is 12.8. The van der Waals surface area contributed by atoms with Crippen LogP contribution in [0.5, 0.6) is 0 Å². The fraction of sp³-hybridized carbons (Fsp3) is 0.240. The number of nitrogens with one attached hydrogen (secondary N) is 2. The van der Waals surface area contributed by atoms with Gasteiger partial charge >= 0.3 is 0 Å². The van der Waals surface area contributed by atoms with E-state index in [1.165, 1.54) is 18.2 Å². The molecule has 0 radical (unpaired) electrons.